The first-order valence-electron chi connectivity index (χ1n) is 8.75. The van der Waals surface area contributed by atoms with Crippen molar-refractivity contribution >= 4 is 5.91 Å². The minimum Gasteiger partial charge on any atom is -0.496 e. The molecule has 0 unspecified atom stereocenters. The van der Waals surface area contributed by atoms with E-state index in [1.165, 1.54) is 6.26 Å². The van der Waals surface area contributed by atoms with Gasteiger partial charge in [-0.1, -0.05) is 12.1 Å². The van der Waals surface area contributed by atoms with Crippen LogP contribution in [0.25, 0.3) is 11.5 Å². The SMILES string of the molecule is COc1ccccc1-c1nnc(CN2CCN(C(=O)c3ccco3)CC2)o1. The van der Waals surface area contributed by atoms with E-state index < -0.39 is 0 Å². The average molecular weight is 368 g/mol. The van der Waals surface area contributed by atoms with Crippen molar-refractivity contribution in [2.24, 2.45) is 0 Å². The molecule has 0 radical (unpaired) electrons. The number of carbonyl (C=O) groups is 1. The van der Waals surface area contributed by atoms with Gasteiger partial charge in [-0.15, -0.1) is 10.2 Å². The number of furan rings is 1. The van der Waals surface area contributed by atoms with E-state index in [4.69, 9.17) is 13.6 Å². The molecule has 8 heteroatoms. The van der Waals surface area contributed by atoms with Crippen LogP contribution in [0.5, 0.6) is 5.75 Å². The predicted octanol–water partition coefficient (Wildman–Crippen LogP) is 2.30. The lowest BCUT2D eigenvalue weighted by atomic mass is 10.2. The van der Waals surface area contributed by atoms with Gasteiger partial charge in [-0.25, -0.2) is 0 Å². The number of carbonyl (C=O) groups excluding carboxylic acids is 1. The van der Waals surface area contributed by atoms with Crippen molar-refractivity contribution in [2.45, 2.75) is 6.54 Å². The number of nitrogens with zero attached hydrogens (tertiary/aromatic N) is 4. The fourth-order valence-corrected chi connectivity index (χ4v) is 3.10. The third-order valence-corrected chi connectivity index (χ3v) is 4.55. The first-order valence-corrected chi connectivity index (χ1v) is 8.75. The molecule has 1 aromatic carbocycles. The van der Waals surface area contributed by atoms with Crippen molar-refractivity contribution in [3.05, 3.63) is 54.3 Å². The van der Waals surface area contributed by atoms with E-state index in [1.807, 2.05) is 24.3 Å². The van der Waals surface area contributed by atoms with Gasteiger partial charge in [-0.3, -0.25) is 9.69 Å². The topological polar surface area (TPSA) is 84.8 Å². The van der Waals surface area contributed by atoms with Crippen LogP contribution in [0.15, 0.2) is 51.5 Å². The maximum atomic E-state index is 12.3. The fraction of sp³-hybridized carbons (Fsp3) is 0.316. The minimum absolute atomic E-state index is 0.0732. The molecule has 8 nitrogen and oxygen atoms in total. The van der Waals surface area contributed by atoms with Gasteiger partial charge < -0.3 is 18.5 Å². The minimum atomic E-state index is -0.0732. The number of ether oxygens (including phenoxy) is 1. The molecular weight excluding hydrogens is 348 g/mol. The maximum absolute atomic E-state index is 12.3. The lowest BCUT2D eigenvalue weighted by Crippen LogP contribution is -2.48. The Kier molecular flexibility index (Phi) is 4.88. The third-order valence-electron chi connectivity index (χ3n) is 4.55. The molecule has 0 aliphatic carbocycles. The summed E-state index contributed by atoms with van der Waals surface area (Å²) in [6.07, 6.45) is 1.51. The number of para-hydroxylation sites is 1. The molecule has 0 atom stereocenters. The second kappa shape index (κ2) is 7.63. The van der Waals surface area contributed by atoms with Gasteiger partial charge >= 0.3 is 0 Å². The van der Waals surface area contributed by atoms with Gasteiger partial charge in [0.05, 0.1) is 25.5 Å². The largest absolute Gasteiger partial charge is 0.496 e. The van der Waals surface area contributed by atoms with Gasteiger partial charge in [-0.2, -0.15) is 0 Å². The maximum Gasteiger partial charge on any atom is 0.289 e. The molecule has 3 aromatic rings. The van der Waals surface area contributed by atoms with Crippen LogP contribution in [0.4, 0.5) is 0 Å². The third kappa shape index (κ3) is 3.70. The zero-order valence-electron chi connectivity index (χ0n) is 15.0. The number of piperazine rings is 1. The van der Waals surface area contributed by atoms with Crippen LogP contribution in [0.2, 0.25) is 0 Å². The molecule has 1 saturated heterocycles. The number of methoxy groups -OCH3 is 1. The summed E-state index contributed by atoms with van der Waals surface area (Å²) >= 11 is 0. The lowest BCUT2D eigenvalue weighted by molar-refractivity contribution is 0.0588. The summed E-state index contributed by atoms with van der Waals surface area (Å²) in [5, 5.41) is 8.28. The van der Waals surface area contributed by atoms with Crippen LogP contribution in [-0.2, 0) is 6.54 Å². The van der Waals surface area contributed by atoms with E-state index in [0.29, 0.717) is 42.9 Å². The zero-order chi connectivity index (χ0) is 18.6. The molecule has 27 heavy (non-hydrogen) atoms. The van der Waals surface area contributed by atoms with Crippen molar-refractivity contribution in [2.75, 3.05) is 33.3 Å². The van der Waals surface area contributed by atoms with Crippen molar-refractivity contribution in [1.29, 1.82) is 0 Å². The average Bonchev–Trinajstić information content (AvgIpc) is 3.40. The Morgan fingerprint density at radius 2 is 1.93 bits per heavy atom. The molecule has 3 heterocycles. The summed E-state index contributed by atoms with van der Waals surface area (Å²) in [5.41, 5.74) is 0.771. The van der Waals surface area contributed by atoms with E-state index >= 15 is 0 Å². The molecule has 4 rings (SSSR count). The lowest BCUT2D eigenvalue weighted by Gasteiger charge is -2.33. The summed E-state index contributed by atoms with van der Waals surface area (Å²) in [7, 11) is 1.61. The van der Waals surface area contributed by atoms with Crippen LogP contribution < -0.4 is 4.74 Å². The number of aromatic nitrogens is 2. The summed E-state index contributed by atoms with van der Waals surface area (Å²) < 4.78 is 16.3. The van der Waals surface area contributed by atoms with E-state index in [0.717, 1.165) is 18.7 Å². The first-order chi connectivity index (χ1) is 13.2. The molecule has 1 amide bonds. The van der Waals surface area contributed by atoms with Crippen LogP contribution in [0.3, 0.4) is 0 Å². The molecule has 140 valence electrons. The van der Waals surface area contributed by atoms with E-state index in [-0.39, 0.29) is 5.91 Å². The van der Waals surface area contributed by atoms with Gasteiger partial charge in [0.15, 0.2) is 5.76 Å². The second-order valence-corrected chi connectivity index (χ2v) is 6.25. The summed E-state index contributed by atoms with van der Waals surface area (Å²) in [5.74, 6) is 1.98. The molecule has 0 N–H and O–H groups in total. The molecular formula is C19H20N4O4. The smallest absolute Gasteiger partial charge is 0.289 e. The van der Waals surface area contributed by atoms with Gasteiger partial charge in [0.25, 0.3) is 11.8 Å². The van der Waals surface area contributed by atoms with Crippen molar-refractivity contribution in [3.63, 3.8) is 0 Å². The monoisotopic (exact) mass is 368 g/mol. The molecule has 2 aromatic heterocycles. The predicted molar refractivity (Wildman–Crippen MR) is 96.2 cm³/mol. The Morgan fingerprint density at radius 1 is 1.11 bits per heavy atom. The molecule has 0 bridgehead atoms. The number of rotatable bonds is 5. The van der Waals surface area contributed by atoms with Crippen molar-refractivity contribution < 1.29 is 18.4 Å². The van der Waals surface area contributed by atoms with E-state index in [2.05, 4.69) is 15.1 Å². The summed E-state index contributed by atoms with van der Waals surface area (Å²) in [6, 6.07) is 10.9. The van der Waals surface area contributed by atoms with E-state index in [9.17, 15) is 4.79 Å². The Hall–Kier alpha value is -3.13. The quantitative estimate of drug-likeness (QED) is 0.683. The van der Waals surface area contributed by atoms with Crippen LogP contribution in [0.1, 0.15) is 16.4 Å². The highest BCUT2D eigenvalue weighted by molar-refractivity contribution is 5.91. The Morgan fingerprint density at radius 3 is 2.67 bits per heavy atom. The zero-order valence-corrected chi connectivity index (χ0v) is 15.0. The normalized spacial score (nSPS) is 15.1. The van der Waals surface area contributed by atoms with Gasteiger partial charge in [-0.05, 0) is 24.3 Å². The van der Waals surface area contributed by atoms with Crippen molar-refractivity contribution in [3.8, 4) is 17.2 Å². The van der Waals surface area contributed by atoms with Crippen LogP contribution in [-0.4, -0.2) is 59.2 Å². The molecule has 1 aliphatic rings. The Labute approximate surface area is 156 Å². The second-order valence-electron chi connectivity index (χ2n) is 6.25. The number of benzene rings is 1. The van der Waals surface area contributed by atoms with Crippen LogP contribution >= 0.6 is 0 Å². The number of hydrogen-bond donors (Lipinski definition) is 0. The highest BCUT2D eigenvalue weighted by Crippen LogP contribution is 2.28. The van der Waals surface area contributed by atoms with Gasteiger partial charge in [0.1, 0.15) is 5.75 Å². The summed E-state index contributed by atoms with van der Waals surface area (Å²) in [6.45, 7) is 3.28. The highest BCUT2D eigenvalue weighted by atomic mass is 16.5. The fourth-order valence-electron chi connectivity index (χ4n) is 3.10. The highest BCUT2D eigenvalue weighted by Gasteiger charge is 2.24. The molecule has 1 fully saturated rings. The number of hydrogen-bond acceptors (Lipinski definition) is 7. The molecule has 0 saturated carbocycles. The van der Waals surface area contributed by atoms with Gasteiger partial charge in [0.2, 0.25) is 5.89 Å². The van der Waals surface area contributed by atoms with Crippen molar-refractivity contribution in [1.82, 2.24) is 20.0 Å². The Bertz CT molecular complexity index is 898. The van der Waals surface area contributed by atoms with E-state index in [1.54, 1.807) is 24.1 Å². The number of amides is 1. The molecule has 1 aliphatic heterocycles. The first kappa shape index (κ1) is 17.3. The summed E-state index contributed by atoms with van der Waals surface area (Å²) in [4.78, 5) is 16.3. The standard InChI is InChI=1S/C19H20N4O4/c1-25-15-6-3-2-5-14(15)18-21-20-17(27-18)13-22-8-10-23(11-9-22)19(24)16-7-4-12-26-16/h2-7,12H,8-11,13H2,1H3. The molecule has 0 spiro atoms. The Balaban J connectivity index is 1.36. The van der Waals surface area contributed by atoms with Gasteiger partial charge in [0, 0.05) is 26.2 Å². The van der Waals surface area contributed by atoms with Crippen LogP contribution in [0, 0.1) is 0 Å².